The molecule has 8 heteroatoms. The van der Waals surface area contributed by atoms with Crippen molar-refractivity contribution in [3.05, 3.63) is 27.0 Å². The summed E-state index contributed by atoms with van der Waals surface area (Å²) in [7, 11) is -1.85. The summed E-state index contributed by atoms with van der Waals surface area (Å²) < 4.78 is 25.3. The minimum Gasteiger partial charge on any atom is -0.393 e. The zero-order valence-corrected chi connectivity index (χ0v) is 11.4. The molecule has 7 nitrogen and oxygen atoms in total. The zero-order valence-electron chi connectivity index (χ0n) is 10.6. The van der Waals surface area contributed by atoms with Crippen LogP contribution in [0.5, 0.6) is 0 Å². The molecule has 18 heavy (non-hydrogen) atoms. The molecule has 0 bridgehead atoms. The number of nitrogens with zero attached hydrogens (tertiary/aromatic N) is 2. The lowest BCUT2D eigenvalue weighted by Crippen LogP contribution is -2.41. The van der Waals surface area contributed by atoms with Gasteiger partial charge in [-0.3, -0.25) is 9.36 Å². The Morgan fingerprint density at radius 1 is 1.33 bits per heavy atom. The van der Waals surface area contributed by atoms with Gasteiger partial charge in [0, 0.05) is 19.8 Å². The lowest BCUT2D eigenvalue weighted by Gasteiger charge is -2.10. The van der Waals surface area contributed by atoms with Gasteiger partial charge in [-0.25, -0.2) is 13.2 Å². The van der Waals surface area contributed by atoms with Crippen molar-refractivity contribution in [2.75, 3.05) is 11.5 Å². The van der Waals surface area contributed by atoms with Crippen LogP contribution in [0.4, 0.5) is 5.69 Å². The van der Waals surface area contributed by atoms with E-state index >= 15 is 0 Å². The van der Waals surface area contributed by atoms with Crippen LogP contribution in [0.15, 0.2) is 15.8 Å². The third-order valence-corrected chi connectivity index (χ3v) is 4.86. The first-order valence-electron chi connectivity index (χ1n) is 5.44. The van der Waals surface area contributed by atoms with Gasteiger partial charge in [0.25, 0.3) is 5.56 Å². The monoisotopic (exact) mass is 275 g/mol. The predicted octanol–water partition coefficient (Wildman–Crippen LogP) is -1.05. The van der Waals surface area contributed by atoms with E-state index in [4.69, 9.17) is 5.73 Å². The van der Waals surface area contributed by atoms with Gasteiger partial charge in [-0.15, -0.1) is 0 Å². The molecule has 0 aliphatic rings. The van der Waals surface area contributed by atoms with Gasteiger partial charge < -0.3 is 10.3 Å². The van der Waals surface area contributed by atoms with Crippen LogP contribution in [-0.4, -0.2) is 28.6 Å². The van der Waals surface area contributed by atoms with E-state index in [1.165, 1.54) is 13.2 Å². The van der Waals surface area contributed by atoms with E-state index < -0.39 is 26.3 Å². The highest BCUT2D eigenvalue weighted by Gasteiger charge is 2.17. The van der Waals surface area contributed by atoms with Crippen LogP contribution >= 0.6 is 0 Å². The molecule has 1 heterocycles. The van der Waals surface area contributed by atoms with E-state index in [2.05, 4.69) is 0 Å². The number of sulfone groups is 1. The molecule has 0 atom stereocenters. The second-order valence-corrected chi connectivity index (χ2v) is 7.03. The molecule has 2 N–H and O–H groups in total. The molecule has 102 valence electrons. The Kier molecular flexibility index (Phi) is 4.00. The molecule has 0 radical (unpaired) electrons. The molecule has 1 rings (SSSR count). The smallest absolute Gasteiger partial charge is 0.330 e. The Labute approximate surface area is 105 Å². The number of rotatable bonds is 4. The fourth-order valence-corrected chi connectivity index (χ4v) is 2.31. The number of nitrogens with two attached hydrogens (primary N) is 1. The number of hydrogen-bond donors (Lipinski definition) is 1. The van der Waals surface area contributed by atoms with Crippen LogP contribution in [0.1, 0.15) is 13.8 Å². The maximum atomic E-state index is 11.7. The van der Waals surface area contributed by atoms with Crippen molar-refractivity contribution >= 4 is 15.5 Å². The van der Waals surface area contributed by atoms with E-state index in [-0.39, 0.29) is 18.0 Å². The Bertz CT molecular complexity index is 620. The minimum absolute atomic E-state index is 0.0842. The molecule has 0 aliphatic carbocycles. The summed E-state index contributed by atoms with van der Waals surface area (Å²) in [6.45, 7) is 2.92. The summed E-state index contributed by atoms with van der Waals surface area (Å²) in [5.74, 6) is -0.261. The summed E-state index contributed by atoms with van der Waals surface area (Å²) in [6.07, 6.45) is 1.22. The van der Waals surface area contributed by atoms with Crippen molar-refractivity contribution in [1.29, 1.82) is 0 Å². The van der Waals surface area contributed by atoms with Gasteiger partial charge in [0.1, 0.15) is 5.69 Å². The predicted molar refractivity (Wildman–Crippen MR) is 69.3 cm³/mol. The van der Waals surface area contributed by atoms with Crippen molar-refractivity contribution in [3.63, 3.8) is 0 Å². The van der Waals surface area contributed by atoms with Gasteiger partial charge in [0.15, 0.2) is 9.84 Å². The maximum Gasteiger partial charge on any atom is 0.330 e. The SMILES string of the molecule is CC(C)S(=O)(=O)CCn1c(=O)c(N)cn(C)c1=O. The molecule has 0 fully saturated rings. The Morgan fingerprint density at radius 2 is 1.89 bits per heavy atom. The number of aromatic nitrogens is 2. The highest BCUT2D eigenvalue weighted by molar-refractivity contribution is 7.91. The topological polar surface area (TPSA) is 104 Å². The van der Waals surface area contributed by atoms with Crippen LogP contribution in [-0.2, 0) is 23.4 Å². The highest BCUT2D eigenvalue weighted by atomic mass is 32.2. The third kappa shape index (κ3) is 2.81. The van der Waals surface area contributed by atoms with E-state index in [9.17, 15) is 18.0 Å². The summed E-state index contributed by atoms with van der Waals surface area (Å²) in [5, 5.41) is -0.543. The van der Waals surface area contributed by atoms with E-state index in [1.54, 1.807) is 13.8 Å². The summed E-state index contributed by atoms with van der Waals surface area (Å²) in [5.41, 5.74) is 4.13. The van der Waals surface area contributed by atoms with Gasteiger partial charge in [0.2, 0.25) is 0 Å². The lowest BCUT2D eigenvalue weighted by atomic mass is 10.5. The Balaban J connectivity index is 3.15. The Morgan fingerprint density at radius 3 is 2.39 bits per heavy atom. The van der Waals surface area contributed by atoms with Gasteiger partial charge in [-0.05, 0) is 13.8 Å². The molecule has 0 saturated heterocycles. The van der Waals surface area contributed by atoms with Gasteiger partial charge in [0.05, 0.1) is 11.0 Å². The minimum atomic E-state index is -3.30. The van der Waals surface area contributed by atoms with Gasteiger partial charge in [-0.1, -0.05) is 0 Å². The zero-order chi connectivity index (χ0) is 14.1. The molecular weight excluding hydrogens is 258 g/mol. The third-order valence-electron chi connectivity index (χ3n) is 2.68. The average Bonchev–Trinajstić information content (AvgIpc) is 2.26. The first kappa shape index (κ1) is 14.5. The molecule has 0 spiro atoms. The van der Waals surface area contributed by atoms with Crippen LogP contribution in [0, 0.1) is 0 Å². The normalized spacial score (nSPS) is 12.0. The molecule has 0 saturated carbocycles. The summed E-state index contributed by atoms with van der Waals surface area (Å²) in [6, 6.07) is 0. The first-order valence-corrected chi connectivity index (χ1v) is 7.16. The largest absolute Gasteiger partial charge is 0.393 e. The van der Waals surface area contributed by atoms with E-state index in [0.29, 0.717) is 0 Å². The lowest BCUT2D eigenvalue weighted by molar-refractivity contribution is 0.569. The van der Waals surface area contributed by atoms with Crippen LogP contribution in [0.25, 0.3) is 0 Å². The summed E-state index contributed by atoms with van der Waals surface area (Å²) >= 11 is 0. The standard InChI is InChI=1S/C10H17N3O4S/c1-7(2)18(16,17)5-4-13-9(14)8(11)6-12(3)10(13)15/h6-7H,4-5,11H2,1-3H3. The molecule has 1 aromatic heterocycles. The van der Waals surface area contributed by atoms with Crippen molar-refractivity contribution in [3.8, 4) is 0 Å². The number of nitrogen functional groups attached to an aromatic ring is 1. The first-order chi connectivity index (χ1) is 8.16. The molecular formula is C10H17N3O4S. The maximum absolute atomic E-state index is 11.7. The summed E-state index contributed by atoms with van der Waals surface area (Å²) in [4.78, 5) is 23.4. The molecule has 1 aromatic rings. The van der Waals surface area contributed by atoms with Crippen LogP contribution in [0.3, 0.4) is 0 Å². The molecule has 0 aliphatic heterocycles. The van der Waals surface area contributed by atoms with Crippen molar-refractivity contribution < 1.29 is 8.42 Å². The average molecular weight is 275 g/mol. The number of anilines is 1. The van der Waals surface area contributed by atoms with E-state index in [1.807, 2.05) is 0 Å². The molecule has 0 unspecified atom stereocenters. The van der Waals surface area contributed by atoms with Gasteiger partial charge in [-0.2, -0.15) is 0 Å². The quantitative estimate of drug-likeness (QED) is 0.755. The van der Waals surface area contributed by atoms with Crippen molar-refractivity contribution in [1.82, 2.24) is 9.13 Å². The fourth-order valence-electron chi connectivity index (χ4n) is 1.40. The fraction of sp³-hybridized carbons (Fsp3) is 0.600. The second kappa shape index (κ2) is 4.97. The van der Waals surface area contributed by atoms with Crippen molar-refractivity contribution in [2.45, 2.75) is 25.6 Å². The van der Waals surface area contributed by atoms with Crippen molar-refractivity contribution in [2.24, 2.45) is 7.05 Å². The second-order valence-electron chi connectivity index (χ2n) is 4.35. The van der Waals surface area contributed by atoms with Gasteiger partial charge >= 0.3 is 5.69 Å². The Hall–Kier alpha value is -1.57. The number of aryl methyl sites for hydroxylation is 1. The van der Waals surface area contributed by atoms with Crippen LogP contribution in [0.2, 0.25) is 0 Å². The molecule has 0 aromatic carbocycles. The molecule has 0 amide bonds. The highest BCUT2D eigenvalue weighted by Crippen LogP contribution is 2.00. The number of hydrogen-bond acceptors (Lipinski definition) is 5. The van der Waals surface area contributed by atoms with E-state index in [0.717, 1.165) is 9.13 Å². The van der Waals surface area contributed by atoms with Crippen LogP contribution < -0.4 is 17.0 Å².